The minimum atomic E-state index is -4.58. The molecule has 1 atom stereocenters. The van der Waals surface area contributed by atoms with Crippen LogP contribution in [-0.2, 0) is 18.5 Å². The van der Waals surface area contributed by atoms with Crippen LogP contribution in [0.2, 0.25) is 5.02 Å². The predicted molar refractivity (Wildman–Crippen MR) is 136 cm³/mol. The molecule has 6 rings (SSSR count). The molecule has 0 spiro atoms. The summed E-state index contributed by atoms with van der Waals surface area (Å²) in [6.45, 7) is 2.82. The van der Waals surface area contributed by atoms with E-state index in [1.807, 2.05) is 17.0 Å². The Labute approximate surface area is 231 Å². The van der Waals surface area contributed by atoms with Gasteiger partial charge in [-0.3, -0.25) is 9.88 Å². The summed E-state index contributed by atoms with van der Waals surface area (Å²) >= 11 is 5.91. The Balaban J connectivity index is 1.17. The van der Waals surface area contributed by atoms with Gasteiger partial charge >= 0.3 is 6.18 Å². The molecule has 1 saturated heterocycles. The highest BCUT2D eigenvalue weighted by Gasteiger charge is 2.43. The molecule has 0 amide bonds. The van der Waals surface area contributed by atoms with Gasteiger partial charge < -0.3 is 9.47 Å². The van der Waals surface area contributed by atoms with Gasteiger partial charge in [-0.15, -0.1) is 10.2 Å². The van der Waals surface area contributed by atoms with Gasteiger partial charge in [0.05, 0.1) is 16.8 Å². The number of tetrazole rings is 1. The summed E-state index contributed by atoms with van der Waals surface area (Å²) in [6.07, 6.45) is -1.88. The number of H-pyrrole nitrogens is 1. The summed E-state index contributed by atoms with van der Waals surface area (Å²) < 4.78 is 68.7. The van der Waals surface area contributed by atoms with Crippen molar-refractivity contribution in [3.05, 3.63) is 81.9 Å². The maximum absolute atomic E-state index is 14.7. The van der Waals surface area contributed by atoms with E-state index in [0.717, 1.165) is 11.6 Å². The molecular formula is C27H23ClF4N6O2. The first-order chi connectivity index (χ1) is 19.1. The highest BCUT2D eigenvalue weighted by atomic mass is 35.5. The fourth-order valence-corrected chi connectivity index (χ4v) is 5.48. The van der Waals surface area contributed by atoms with Gasteiger partial charge in [0, 0.05) is 35.8 Å². The number of piperidine rings is 1. The molecule has 8 nitrogen and oxygen atoms in total. The number of aromatic nitrogens is 5. The van der Waals surface area contributed by atoms with Gasteiger partial charge in [-0.1, -0.05) is 23.7 Å². The zero-order valence-electron chi connectivity index (χ0n) is 21.2. The van der Waals surface area contributed by atoms with Crippen molar-refractivity contribution >= 4 is 11.6 Å². The van der Waals surface area contributed by atoms with Gasteiger partial charge in [-0.05, 0) is 67.4 Å². The van der Waals surface area contributed by atoms with E-state index in [-0.39, 0.29) is 40.1 Å². The highest BCUT2D eigenvalue weighted by molar-refractivity contribution is 6.30. The predicted octanol–water partition coefficient (Wildman–Crippen LogP) is 6.10. The van der Waals surface area contributed by atoms with Crippen LogP contribution in [0, 0.1) is 5.82 Å². The van der Waals surface area contributed by atoms with Crippen molar-refractivity contribution in [2.24, 2.45) is 0 Å². The van der Waals surface area contributed by atoms with Crippen molar-refractivity contribution < 1.29 is 27.0 Å². The number of aromatic amines is 1. The van der Waals surface area contributed by atoms with Gasteiger partial charge in [0.2, 0.25) is 5.82 Å². The lowest BCUT2D eigenvalue weighted by Gasteiger charge is -2.33. The standard InChI is InChI=1S/C27H23ClF4N6O2/c1-26(19-6-5-17(28)12-21(19)29)39-23-4-2-3-18(24(23)40-26)15-7-9-38(10-8-15)14-22-20(27(30,31)32)11-16(13-33-22)25-34-36-37-35-25/h2-6,11-13,15H,7-10,14H2,1H3,(H,34,35,36,37). The number of rotatable bonds is 5. The van der Waals surface area contributed by atoms with E-state index in [2.05, 4.69) is 25.6 Å². The lowest BCUT2D eigenvalue weighted by molar-refractivity contribution is -0.138. The second kappa shape index (κ2) is 10.0. The van der Waals surface area contributed by atoms with E-state index in [1.165, 1.54) is 12.3 Å². The van der Waals surface area contributed by atoms with Gasteiger partial charge in [0.1, 0.15) is 5.82 Å². The molecule has 2 aromatic heterocycles. The number of ether oxygens (including phenoxy) is 2. The summed E-state index contributed by atoms with van der Waals surface area (Å²) in [4.78, 5) is 6.07. The van der Waals surface area contributed by atoms with Gasteiger partial charge in [-0.2, -0.15) is 18.4 Å². The third-order valence-corrected chi connectivity index (χ3v) is 7.55. The smallest absolute Gasteiger partial charge is 0.418 e. The fraction of sp³-hybridized carbons (Fsp3) is 0.333. The van der Waals surface area contributed by atoms with Crippen LogP contribution in [0.5, 0.6) is 11.5 Å². The van der Waals surface area contributed by atoms with Gasteiger partial charge in [0.25, 0.3) is 5.79 Å². The number of alkyl halides is 3. The van der Waals surface area contributed by atoms with Gasteiger partial charge in [-0.25, -0.2) is 4.39 Å². The lowest BCUT2D eigenvalue weighted by Crippen LogP contribution is -2.34. The molecule has 208 valence electrons. The average molecular weight is 575 g/mol. The van der Waals surface area contributed by atoms with Crippen molar-refractivity contribution in [2.45, 2.75) is 44.2 Å². The third-order valence-electron chi connectivity index (χ3n) is 7.31. The third kappa shape index (κ3) is 4.97. The van der Waals surface area contributed by atoms with Gasteiger partial charge in [0.15, 0.2) is 11.5 Å². The first-order valence-corrected chi connectivity index (χ1v) is 13.0. The first kappa shape index (κ1) is 26.5. The second-order valence-corrected chi connectivity index (χ2v) is 10.4. The summed E-state index contributed by atoms with van der Waals surface area (Å²) in [7, 11) is 0. The Morgan fingerprint density at radius 1 is 1.12 bits per heavy atom. The van der Waals surface area contributed by atoms with E-state index in [9.17, 15) is 17.6 Å². The average Bonchev–Trinajstić information content (AvgIpc) is 3.57. The van der Waals surface area contributed by atoms with E-state index < -0.39 is 23.3 Å². The van der Waals surface area contributed by atoms with Crippen molar-refractivity contribution in [3.63, 3.8) is 0 Å². The molecule has 2 aliphatic rings. The number of nitrogens with zero attached hydrogens (tertiary/aromatic N) is 5. The quantitative estimate of drug-likeness (QED) is 0.288. The molecule has 4 heterocycles. The molecule has 0 radical (unpaired) electrons. The number of hydrogen-bond acceptors (Lipinski definition) is 7. The normalized spacial score (nSPS) is 19.8. The van der Waals surface area contributed by atoms with Crippen LogP contribution in [0.15, 0.2) is 48.7 Å². The van der Waals surface area contributed by atoms with Crippen LogP contribution in [0.4, 0.5) is 17.6 Å². The van der Waals surface area contributed by atoms with Crippen molar-refractivity contribution in [1.82, 2.24) is 30.5 Å². The molecule has 0 aliphatic carbocycles. The lowest BCUT2D eigenvalue weighted by atomic mass is 9.88. The van der Waals surface area contributed by atoms with E-state index in [4.69, 9.17) is 21.1 Å². The first-order valence-electron chi connectivity index (χ1n) is 12.6. The minimum absolute atomic E-state index is 0.0434. The number of fused-ring (bicyclic) bond motifs is 1. The number of halogens is 5. The minimum Gasteiger partial charge on any atom is -0.444 e. The highest BCUT2D eigenvalue weighted by Crippen LogP contribution is 2.50. The van der Waals surface area contributed by atoms with Crippen LogP contribution in [-0.4, -0.2) is 43.6 Å². The number of pyridine rings is 1. The Hall–Kier alpha value is -3.77. The Morgan fingerprint density at radius 2 is 1.93 bits per heavy atom. The second-order valence-electron chi connectivity index (χ2n) is 9.95. The van der Waals surface area contributed by atoms with Crippen LogP contribution in [0.25, 0.3) is 11.4 Å². The molecule has 1 unspecified atom stereocenters. The number of likely N-dealkylation sites (tertiary alicyclic amines) is 1. The summed E-state index contributed by atoms with van der Waals surface area (Å²) in [5.74, 6) is -0.700. The maximum atomic E-state index is 14.7. The zero-order valence-corrected chi connectivity index (χ0v) is 21.9. The molecule has 0 bridgehead atoms. The SMILES string of the molecule is CC1(c2ccc(Cl)cc2F)Oc2cccc(C3CCN(Cc4ncc(-c5nn[nH]n5)cc4C(F)(F)F)CC3)c2O1. The van der Waals surface area contributed by atoms with E-state index >= 15 is 0 Å². The molecular weight excluding hydrogens is 552 g/mol. The molecule has 0 saturated carbocycles. The fourth-order valence-electron chi connectivity index (χ4n) is 5.32. The molecule has 2 aromatic carbocycles. The summed E-state index contributed by atoms with van der Waals surface area (Å²) in [5, 5.41) is 13.4. The number of para-hydroxylation sites is 1. The molecule has 4 aromatic rings. The Morgan fingerprint density at radius 3 is 2.62 bits per heavy atom. The Bertz CT molecular complexity index is 1540. The largest absolute Gasteiger partial charge is 0.444 e. The molecule has 1 N–H and O–H groups in total. The maximum Gasteiger partial charge on any atom is 0.418 e. The summed E-state index contributed by atoms with van der Waals surface area (Å²) in [6, 6.07) is 10.9. The zero-order chi connectivity index (χ0) is 28.1. The van der Waals surface area contributed by atoms with Crippen molar-refractivity contribution in [3.8, 4) is 22.9 Å². The number of benzene rings is 2. The van der Waals surface area contributed by atoms with Crippen molar-refractivity contribution in [2.75, 3.05) is 13.1 Å². The number of nitrogens with one attached hydrogen (secondary N) is 1. The molecule has 2 aliphatic heterocycles. The molecule has 40 heavy (non-hydrogen) atoms. The van der Waals surface area contributed by atoms with Crippen LogP contribution >= 0.6 is 11.6 Å². The molecule has 1 fully saturated rings. The monoisotopic (exact) mass is 574 g/mol. The Kier molecular flexibility index (Phi) is 6.62. The molecule has 13 heteroatoms. The van der Waals surface area contributed by atoms with Crippen LogP contribution < -0.4 is 9.47 Å². The summed E-state index contributed by atoms with van der Waals surface area (Å²) in [5.41, 5.74) is 0.406. The van der Waals surface area contributed by atoms with E-state index in [0.29, 0.717) is 37.4 Å². The van der Waals surface area contributed by atoms with E-state index in [1.54, 1.807) is 25.1 Å². The topological polar surface area (TPSA) is 89.1 Å². The van der Waals surface area contributed by atoms with Crippen LogP contribution in [0.3, 0.4) is 0 Å². The van der Waals surface area contributed by atoms with Crippen molar-refractivity contribution in [1.29, 1.82) is 0 Å². The van der Waals surface area contributed by atoms with Crippen LogP contribution in [0.1, 0.15) is 48.1 Å². The number of hydrogen-bond donors (Lipinski definition) is 1.